The Kier molecular flexibility index (Phi) is 8.70. The second-order valence-corrected chi connectivity index (χ2v) is 8.83. The lowest BCUT2D eigenvalue weighted by Crippen LogP contribution is -2.39. The molecule has 0 bridgehead atoms. The molecule has 1 fully saturated rings. The van der Waals surface area contributed by atoms with Crippen molar-refractivity contribution in [3.8, 4) is 0 Å². The fourth-order valence-corrected chi connectivity index (χ4v) is 4.36. The van der Waals surface area contributed by atoms with Gasteiger partial charge in [0.15, 0.2) is 0 Å². The Hall–Kier alpha value is -3.87. The van der Waals surface area contributed by atoms with E-state index in [2.05, 4.69) is 15.8 Å². The number of aromatic nitrogens is 1. The maximum Gasteiger partial charge on any atom is 0.434 e. The summed E-state index contributed by atoms with van der Waals surface area (Å²) in [5.41, 5.74) is 4.53. The lowest BCUT2D eigenvalue weighted by atomic mass is 9.92. The van der Waals surface area contributed by atoms with Crippen LogP contribution >= 0.6 is 0 Å². The summed E-state index contributed by atoms with van der Waals surface area (Å²) in [6.07, 6.45) is 11.5. The number of piperidine rings is 1. The third-order valence-corrected chi connectivity index (χ3v) is 6.36. The average Bonchev–Trinajstić information content (AvgIpc) is 2.91. The highest BCUT2D eigenvalue weighted by Gasteiger charge is 2.24. The van der Waals surface area contributed by atoms with E-state index < -0.39 is 0 Å². The molecule has 4 rings (SSSR count). The van der Waals surface area contributed by atoms with Crippen LogP contribution in [0.3, 0.4) is 0 Å². The number of fused-ring (bicyclic) bond motifs is 1. The van der Waals surface area contributed by atoms with Crippen LogP contribution in [0, 0.1) is 5.92 Å². The summed E-state index contributed by atoms with van der Waals surface area (Å²) >= 11 is 0. The number of nitrogens with one attached hydrogen (secondary N) is 2. The van der Waals surface area contributed by atoms with Gasteiger partial charge in [-0.25, -0.2) is 10.3 Å². The fraction of sp³-hybridized carbons (Fsp3) is 0.321. The highest BCUT2D eigenvalue weighted by Crippen LogP contribution is 2.25. The van der Waals surface area contributed by atoms with Crippen molar-refractivity contribution in [3.05, 3.63) is 78.6 Å². The zero-order valence-electron chi connectivity index (χ0n) is 19.9. The molecule has 2 amide bonds. The predicted octanol–water partition coefficient (Wildman–Crippen LogP) is 5.41. The number of nitrogens with zero attached hydrogens (tertiary/aromatic N) is 2. The molecule has 1 aromatic heterocycles. The van der Waals surface area contributed by atoms with E-state index in [1.54, 1.807) is 29.4 Å². The monoisotopic (exact) mass is 472 g/mol. The van der Waals surface area contributed by atoms with Gasteiger partial charge >= 0.3 is 6.09 Å². The van der Waals surface area contributed by atoms with Crippen LogP contribution in [0.15, 0.2) is 73.1 Å². The van der Waals surface area contributed by atoms with Gasteiger partial charge in [0.1, 0.15) is 0 Å². The Balaban J connectivity index is 1.09. The number of unbranched alkanes of at least 4 members (excludes halogenated alkanes) is 1. The van der Waals surface area contributed by atoms with E-state index in [4.69, 9.17) is 4.84 Å². The van der Waals surface area contributed by atoms with Crippen molar-refractivity contribution >= 4 is 34.5 Å². The quantitative estimate of drug-likeness (QED) is 0.247. The molecule has 0 spiro atoms. The second-order valence-electron chi connectivity index (χ2n) is 8.83. The van der Waals surface area contributed by atoms with Crippen LogP contribution in [0.2, 0.25) is 0 Å². The molecule has 2 N–H and O–H groups in total. The lowest BCUT2D eigenvalue weighted by molar-refractivity contribution is -0.116. The molecule has 182 valence electrons. The van der Waals surface area contributed by atoms with Gasteiger partial charge in [0.05, 0.1) is 5.69 Å². The van der Waals surface area contributed by atoms with Crippen molar-refractivity contribution in [1.82, 2.24) is 15.2 Å². The molecule has 1 aliphatic heterocycles. The van der Waals surface area contributed by atoms with Gasteiger partial charge in [0.25, 0.3) is 0 Å². The summed E-state index contributed by atoms with van der Waals surface area (Å²) in [5.74, 6) is 0.518. The zero-order chi connectivity index (χ0) is 24.3. The second kappa shape index (κ2) is 12.6. The average molecular weight is 473 g/mol. The summed E-state index contributed by atoms with van der Waals surface area (Å²) in [6.45, 7) is 2.08. The molecule has 1 saturated heterocycles. The number of likely N-dealkylation sites (tertiary alicyclic amines) is 1. The molecule has 0 aliphatic carbocycles. The van der Waals surface area contributed by atoms with E-state index in [-0.39, 0.29) is 12.0 Å². The topological polar surface area (TPSA) is 83.6 Å². The number of anilines is 1. The molecule has 0 unspecified atom stereocenters. The summed E-state index contributed by atoms with van der Waals surface area (Å²) < 4.78 is 0. The van der Waals surface area contributed by atoms with Crippen molar-refractivity contribution in [2.75, 3.05) is 25.1 Å². The number of carbonyl (C=O) groups excluding carboxylic acids is 2. The van der Waals surface area contributed by atoms with E-state index in [1.165, 1.54) is 0 Å². The fourth-order valence-electron chi connectivity index (χ4n) is 4.36. The molecular weight excluding hydrogens is 440 g/mol. The molecule has 0 radical (unpaired) electrons. The van der Waals surface area contributed by atoms with Gasteiger partial charge in [-0.15, -0.1) is 0 Å². The van der Waals surface area contributed by atoms with Crippen LogP contribution < -0.4 is 10.8 Å². The summed E-state index contributed by atoms with van der Waals surface area (Å²) in [4.78, 5) is 35.6. The van der Waals surface area contributed by atoms with Crippen LogP contribution in [-0.4, -0.2) is 41.5 Å². The number of benzene rings is 2. The highest BCUT2D eigenvalue weighted by atomic mass is 16.7. The Morgan fingerprint density at radius 1 is 1.03 bits per heavy atom. The Labute approximate surface area is 206 Å². The first-order valence-corrected chi connectivity index (χ1v) is 12.2. The number of pyridine rings is 1. The predicted molar refractivity (Wildman–Crippen MR) is 138 cm³/mol. The van der Waals surface area contributed by atoms with Gasteiger partial charge in [0.2, 0.25) is 5.91 Å². The first-order valence-electron chi connectivity index (χ1n) is 12.2. The maximum absolute atomic E-state index is 12.5. The van der Waals surface area contributed by atoms with Crippen LogP contribution in [0.4, 0.5) is 10.5 Å². The maximum atomic E-state index is 12.5. The third kappa shape index (κ3) is 7.30. The van der Waals surface area contributed by atoms with E-state index >= 15 is 0 Å². The normalized spacial score (nSPS) is 14.2. The lowest BCUT2D eigenvalue weighted by Gasteiger charge is -2.31. The van der Waals surface area contributed by atoms with Crippen LogP contribution in [-0.2, 0) is 9.63 Å². The van der Waals surface area contributed by atoms with E-state index in [0.717, 1.165) is 54.1 Å². The number of hydrogen-bond acceptors (Lipinski definition) is 5. The van der Waals surface area contributed by atoms with Gasteiger partial charge in [-0.2, -0.15) is 0 Å². The number of hydrogen-bond donors (Lipinski definition) is 2. The SMILES string of the molecule is O=C(C=Cc1cccnc1)NCCCCC1CCN(C(=O)ONc2cccc3ccccc23)CC1. The molecule has 0 saturated carbocycles. The van der Waals surface area contributed by atoms with Gasteiger partial charge < -0.3 is 15.1 Å². The smallest absolute Gasteiger partial charge is 0.353 e. The van der Waals surface area contributed by atoms with Crippen molar-refractivity contribution in [2.24, 2.45) is 5.92 Å². The van der Waals surface area contributed by atoms with Gasteiger partial charge in [-0.05, 0) is 54.3 Å². The highest BCUT2D eigenvalue weighted by molar-refractivity contribution is 5.93. The van der Waals surface area contributed by atoms with Crippen molar-refractivity contribution in [2.45, 2.75) is 32.1 Å². The Morgan fingerprint density at radius 3 is 2.69 bits per heavy atom. The van der Waals surface area contributed by atoms with Gasteiger partial charge in [-0.3, -0.25) is 9.78 Å². The molecule has 7 nitrogen and oxygen atoms in total. The zero-order valence-corrected chi connectivity index (χ0v) is 19.9. The molecule has 1 aliphatic rings. The van der Waals surface area contributed by atoms with E-state index in [9.17, 15) is 9.59 Å². The van der Waals surface area contributed by atoms with Crippen molar-refractivity contribution in [1.29, 1.82) is 0 Å². The Bertz CT molecular complexity index is 1140. The first-order chi connectivity index (χ1) is 17.2. The molecular formula is C28H32N4O3. The van der Waals surface area contributed by atoms with Crippen molar-refractivity contribution < 1.29 is 14.4 Å². The molecule has 3 aromatic rings. The van der Waals surface area contributed by atoms with Crippen LogP contribution in [0.1, 0.15) is 37.7 Å². The molecule has 2 heterocycles. The minimum atomic E-state index is -0.335. The number of rotatable bonds is 9. The van der Waals surface area contributed by atoms with E-state index in [1.807, 2.05) is 54.6 Å². The number of carbonyl (C=O) groups is 2. The molecule has 35 heavy (non-hydrogen) atoms. The minimum Gasteiger partial charge on any atom is -0.353 e. The largest absolute Gasteiger partial charge is 0.434 e. The standard InChI is InChI=1S/C28H32N4O3/c33-27(14-13-23-8-6-17-29-21-23)30-18-4-3-7-22-15-19-32(20-16-22)28(34)35-31-26-12-5-10-24-9-1-2-11-25(24)26/h1-2,5-6,8-14,17,21-22,31H,3-4,7,15-16,18-20H2,(H,30,33). The van der Waals surface area contributed by atoms with Crippen LogP contribution in [0.5, 0.6) is 0 Å². The van der Waals surface area contributed by atoms with Gasteiger partial charge in [0, 0.05) is 43.5 Å². The summed E-state index contributed by atoms with van der Waals surface area (Å²) in [7, 11) is 0. The number of amides is 2. The molecule has 2 aromatic carbocycles. The van der Waals surface area contributed by atoms with Gasteiger partial charge in [-0.1, -0.05) is 55.3 Å². The Morgan fingerprint density at radius 2 is 1.86 bits per heavy atom. The van der Waals surface area contributed by atoms with Crippen LogP contribution in [0.25, 0.3) is 16.8 Å². The first kappa shape index (κ1) is 24.3. The minimum absolute atomic E-state index is 0.0854. The summed E-state index contributed by atoms with van der Waals surface area (Å²) in [5, 5.41) is 5.04. The van der Waals surface area contributed by atoms with Crippen molar-refractivity contribution in [3.63, 3.8) is 0 Å². The molecule has 7 heteroatoms. The molecule has 0 atom stereocenters. The third-order valence-electron chi connectivity index (χ3n) is 6.36. The van der Waals surface area contributed by atoms with E-state index in [0.29, 0.717) is 25.6 Å². The summed E-state index contributed by atoms with van der Waals surface area (Å²) in [6, 6.07) is 17.6.